The Balaban J connectivity index is 3.26. The molecule has 82 valence electrons. The van der Waals surface area contributed by atoms with Crippen molar-refractivity contribution < 1.29 is 14.3 Å². The summed E-state index contributed by atoms with van der Waals surface area (Å²) in [5.41, 5.74) is 2.33. The van der Waals surface area contributed by atoms with Gasteiger partial charge in [-0.1, -0.05) is 6.92 Å². The first-order chi connectivity index (χ1) is 7.02. The van der Waals surface area contributed by atoms with Gasteiger partial charge in [0.15, 0.2) is 5.78 Å². The zero-order valence-corrected chi connectivity index (χ0v) is 9.43. The maximum absolute atomic E-state index is 11.5. The van der Waals surface area contributed by atoms with Crippen LogP contribution in [-0.4, -0.2) is 23.8 Å². The molecule has 1 aromatic rings. The highest BCUT2D eigenvalue weighted by atomic mass is 16.5. The van der Waals surface area contributed by atoms with Gasteiger partial charge in [-0.2, -0.15) is 0 Å². The van der Waals surface area contributed by atoms with Gasteiger partial charge in [-0.25, -0.2) is 4.79 Å². The monoisotopic (exact) mass is 209 g/mol. The first-order valence-electron chi connectivity index (χ1n) is 4.83. The highest BCUT2D eigenvalue weighted by molar-refractivity contribution is 6.01. The van der Waals surface area contributed by atoms with Crippen molar-refractivity contribution in [3.05, 3.63) is 22.5 Å². The summed E-state index contributed by atoms with van der Waals surface area (Å²) in [5.74, 6) is -0.401. The number of carbonyl (C=O) groups is 2. The first-order valence-corrected chi connectivity index (χ1v) is 4.83. The predicted molar refractivity (Wildman–Crippen MR) is 56.2 cm³/mol. The van der Waals surface area contributed by atoms with E-state index in [-0.39, 0.29) is 5.78 Å². The van der Waals surface area contributed by atoms with Crippen LogP contribution < -0.4 is 0 Å². The fraction of sp³-hybridized carbons (Fsp3) is 0.455. The molecule has 1 N–H and O–H groups in total. The third-order valence-electron chi connectivity index (χ3n) is 2.43. The van der Waals surface area contributed by atoms with Gasteiger partial charge in [0, 0.05) is 12.1 Å². The van der Waals surface area contributed by atoms with Gasteiger partial charge in [-0.3, -0.25) is 4.79 Å². The van der Waals surface area contributed by atoms with E-state index in [1.807, 2.05) is 0 Å². The molecule has 1 heterocycles. The van der Waals surface area contributed by atoms with Crippen LogP contribution in [0.4, 0.5) is 0 Å². The number of nitrogens with one attached hydrogen (secondary N) is 1. The van der Waals surface area contributed by atoms with E-state index < -0.39 is 5.97 Å². The molecular formula is C11H15NO3. The second-order valence-electron chi connectivity index (χ2n) is 3.39. The summed E-state index contributed by atoms with van der Waals surface area (Å²) in [4.78, 5) is 25.9. The smallest absolute Gasteiger partial charge is 0.339 e. The van der Waals surface area contributed by atoms with Gasteiger partial charge in [0.25, 0.3) is 0 Å². The molecule has 0 spiro atoms. The summed E-state index contributed by atoms with van der Waals surface area (Å²) < 4.78 is 4.65. The van der Waals surface area contributed by atoms with Crippen molar-refractivity contribution in [1.82, 2.24) is 4.98 Å². The highest BCUT2D eigenvalue weighted by Crippen LogP contribution is 2.19. The summed E-state index contributed by atoms with van der Waals surface area (Å²) in [5, 5.41) is 0. The second kappa shape index (κ2) is 4.29. The lowest BCUT2D eigenvalue weighted by Gasteiger charge is -1.99. The van der Waals surface area contributed by atoms with Gasteiger partial charge >= 0.3 is 5.97 Å². The predicted octanol–water partition coefficient (Wildman–Crippen LogP) is 2.01. The molecule has 0 atom stereocenters. The minimum Gasteiger partial charge on any atom is -0.465 e. The molecule has 15 heavy (non-hydrogen) atoms. The molecule has 0 aliphatic rings. The van der Waals surface area contributed by atoms with E-state index in [2.05, 4.69) is 9.72 Å². The SMILES string of the molecule is CCC(=O)c1[nH]c(C)c(C(=O)OC)c1C. The molecule has 0 saturated heterocycles. The largest absolute Gasteiger partial charge is 0.465 e. The molecule has 4 nitrogen and oxygen atoms in total. The molecule has 1 aromatic heterocycles. The van der Waals surface area contributed by atoms with Crippen molar-refractivity contribution in [2.75, 3.05) is 7.11 Å². The van der Waals surface area contributed by atoms with Crippen LogP contribution in [0.1, 0.15) is 45.4 Å². The van der Waals surface area contributed by atoms with Gasteiger partial charge in [0.05, 0.1) is 18.4 Å². The van der Waals surface area contributed by atoms with Crippen LogP contribution >= 0.6 is 0 Å². The maximum Gasteiger partial charge on any atom is 0.339 e. The number of aromatic nitrogens is 1. The number of H-pyrrole nitrogens is 1. The topological polar surface area (TPSA) is 59.2 Å². The number of ether oxygens (including phenoxy) is 1. The maximum atomic E-state index is 11.5. The standard InChI is InChI=1S/C11H15NO3/c1-5-8(13)10-6(2)9(7(3)12-10)11(14)15-4/h12H,5H2,1-4H3. The number of rotatable bonds is 3. The number of aryl methyl sites for hydroxylation is 1. The number of Topliss-reactive ketones (excluding diaryl/α,β-unsaturated/α-hetero) is 1. The minimum atomic E-state index is -0.406. The molecule has 0 fully saturated rings. The lowest BCUT2D eigenvalue weighted by atomic mass is 10.1. The van der Waals surface area contributed by atoms with Crippen LogP contribution in [0, 0.1) is 13.8 Å². The van der Waals surface area contributed by atoms with Crippen molar-refractivity contribution in [1.29, 1.82) is 0 Å². The molecule has 0 aliphatic heterocycles. The number of carbonyl (C=O) groups excluding carboxylic acids is 2. The van der Waals surface area contributed by atoms with E-state index in [1.54, 1.807) is 20.8 Å². The van der Waals surface area contributed by atoms with Crippen LogP contribution in [0.15, 0.2) is 0 Å². The Kier molecular flexibility index (Phi) is 3.29. The van der Waals surface area contributed by atoms with E-state index in [0.29, 0.717) is 28.9 Å². The van der Waals surface area contributed by atoms with Crippen LogP contribution in [-0.2, 0) is 4.74 Å². The number of aromatic amines is 1. The quantitative estimate of drug-likeness (QED) is 0.612. The lowest BCUT2D eigenvalue weighted by molar-refractivity contribution is 0.0599. The average molecular weight is 209 g/mol. The molecule has 0 amide bonds. The molecule has 0 saturated carbocycles. The van der Waals surface area contributed by atoms with Crippen LogP contribution in [0.25, 0.3) is 0 Å². The van der Waals surface area contributed by atoms with Gasteiger partial charge in [-0.15, -0.1) is 0 Å². The molecule has 4 heteroatoms. The summed E-state index contributed by atoms with van der Waals surface area (Å²) in [6.45, 7) is 5.29. The summed E-state index contributed by atoms with van der Waals surface area (Å²) in [6.07, 6.45) is 0.418. The van der Waals surface area contributed by atoms with Crippen molar-refractivity contribution in [3.8, 4) is 0 Å². The first kappa shape index (κ1) is 11.5. The molecule has 0 unspecified atom stereocenters. The van der Waals surface area contributed by atoms with Crippen LogP contribution in [0.5, 0.6) is 0 Å². The zero-order valence-electron chi connectivity index (χ0n) is 9.43. The minimum absolute atomic E-state index is 0.00533. The Hall–Kier alpha value is -1.58. The number of hydrogen-bond donors (Lipinski definition) is 1. The molecule has 0 radical (unpaired) electrons. The summed E-state index contributed by atoms with van der Waals surface area (Å²) in [7, 11) is 1.33. The highest BCUT2D eigenvalue weighted by Gasteiger charge is 2.21. The van der Waals surface area contributed by atoms with Gasteiger partial charge < -0.3 is 9.72 Å². The number of esters is 1. The lowest BCUT2D eigenvalue weighted by Crippen LogP contribution is -2.04. The Morgan fingerprint density at radius 2 is 1.93 bits per heavy atom. The third kappa shape index (κ3) is 1.93. The fourth-order valence-corrected chi connectivity index (χ4v) is 1.61. The van der Waals surface area contributed by atoms with Crippen LogP contribution in [0.2, 0.25) is 0 Å². The summed E-state index contributed by atoms with van der Waals surface area (Å²) in [6, 6.07) is 0. The number of ketones is 1. The Bertz CT molecular complexity index is 404. The fourth-order valence-electron chi connectivity index (χ4n) is 1.61. The Morgan fingerprint density at radius 1 is 1.33 bits per heavy atom. The Labute approximate surface area is 88.6 Å². The molecule has 0 bridgehead atoms. The van der Waals surface area contributed by atoms with Gasteiger partial charge in [-0.05, 0) is 19.4 Å². The molecule has 1 rings (SSSR count). The molecular weight excluding hydrogens is 194 g/mol. The normalized spacial score (nSPS) is 10.1. The van der Waals surface area contributed by atoms with Gasteiger partial charge in [0.2, 0.25) is 0 Å². The zero-order chi connectivity index (χ0) is 11.6. The van der Waals surface area contributed by atoms with E-state index in [9.17, 15) is 9.59 Å². The van der Waals surface area contributed by atoms with E-state index in [4.69, 9.17) is 0 Å². The van der Waals surface area contributed by atoms with E-state index in [1.165, 1.54) is 7.11 Å². The van der Waals surface area contributed by atoms with Crippen molar-refractivity contribution in [2.24, 2.45) is 0 Å². The Morgan fingerprint density at radius 3 is 2.40 bits per heavy atom. The van der Waals surface area contributed by atoms with Crippen molar-refractivity contribution in [3.63, 3.8) is 0 Å². The third-order valence-corrected chi connectivity index (χ3v) is 2.43. The summed E-state index contributed by atoms with van der Waals surface area (Å²) >= 11 is 0. The van der Waals surface area contributed by atoms with Gasteiger partial charge in [0.1, 0.15) is 0 Å². The number of hydrogen-bond acceptors (Lipinski definition) is 3. The second-order valence-corrected chi connectivity index (χ2v) is 3.39. The van der Waals surface area contributed by atoms with E-state index >= 15 is 0 Å². The molecule has 0 aliphatic carbocycles. The van der Waals surface area contributed by atoms with Crippen LogP contribution in [0.3, 0.4) is 0 Å². The number of methoxy groups -OCH3 is 1. The average Bonchev–Trinajstić information content (AvgIpc) is 2.52. The van der Waals surface area contributed by atoms with Crippen molar-refractivity contribution in [2.45, 2.75) is 27.2 Å². The van der Waals surface area contributed by atoms with E-state index in [0.717, 1.165) is 0 Å². The van der Waals surface area contributed by atoms with Crippen molar-refractivity contribution >= 4 is 11.8 Å². The molecule has 0 aromatic carbocycles.